The summed E-state index contributed by atoms with van der Waals surface area (Å²) < 4.78 is 1.76. The molecular formula is C18H18BrN3O. The van der Waals surface area contributed by atoms with Crippen LogP contribution in [0.2, 0.25) is 0 Å². The van der Waals surface area contributed by atoms with Gasteiger partial charge in [0.25, 0.3) is 5.56 Å². The Kier molecular flexibility index (Phi) is 4.57. The predicted octanol–water partition coefficient (Wildman–Crippen LogP) is 3.93. The molecule has 0 bridgehead atoms. The Morgan fingerprint density at radius 1 is 1.17 bits per heavy atom. The number of rotatable bonds is 4. The predicted molar refractivity (Wildman–Crippen MR) is 95.8 cm³/mol. The maximum Gasteiger partial charge on any atom is 0.261 e. The van der Waals surface area contributed by atoms with Gasteiger partial charge >= 0.3 is 0 Å². The molecule has 0 fully saturated rings. The smallest absolute Gasteiger partial charge is 0.261 e. The van der Waals surface area contributed by atoms with Gasteiger partial charge in [-0.1, -0.05) is 60.1 Å². The summed E-state index contributed by atoms with van der Waals surface area (Å²) in [7, 11) is 0. The summed E-state index contributed by atoms with van der Waals surface area (Å²) in [5, 5.41) is 0.600. The molecule has 0 radical (unpaired) electrons. The number of alkyl halides is 1. The lowest BCUT2D eigenvalue weighted by atomic mass is 10.1. The highest BCUT2D eigenvalue weighted by Gasteiger charge is 2.20. The maximum atomic E-state index is 13.0. The van der Waals surface area contributed by atoms with E-state index in [1.165, 1.54) is 0 Å². The Balaban J connectivity index is 2.22. The minimum absolute atomic E-state index is 0.00326. The molecule has 23 heavy (non-hydrogen) atoms. The van der Waals surface area contributed by atoms with E-state index in [4.69, 9.17) is 4.98 Å². The maximum absolute atomic E-state index is 13.0. The van der Waals surface area contributed by atoms with Crippen LogP contribution in [-0.4, -0.2) is 14.5 Å². The highest BCUT2D eigenvalue weighted by Crippen LogP contribution is 2.29. The van der Waals surface area contributed by atoms with Gasteiger partial charge in [-0.2, -0.15) is 0 Å². The first-order chi connectivity index (χ1) is 11.1. The molecule has 1 unspecified atom stereocenters. The fourth-order valence-electron chi connectivity index (χ4n) is 2.52. The molecule has 1 atom stereocenters. The summed E-state index contributed by atoms with van der Waals surface area (Å²) in [6.45, 7) is 4.72. The minimum Gasteiger partial charge on any atom is -0.291 e. The Morgan fingerprint density at radius 2 is 1.91 bits per heavy atom. The molecule has 4 nitrogen and oxygen atoms in total. The lowest BCUT2D eigenvalue weighted by Gasteiger charge is -2.19. The normalized spacial score (nSPS) is 12.7. The van der Waals surface area contributed by atoms with E-state index >= 15 is 0 Å². The number of pyridine rings is 1. The second kappa shape index (κ2) is 6.62. The molecule has 2 aromatic heterocycles. The van der Waals surface area contributed by atoms with Crippen LogP contribution < -0.4 is 5.56 Å². The average Bonchev–Trinajstić information content (AvgIpc) is 2.57. The summed E-state index contributed by atoms with van der Waals surface area (Å²) in [6.07, 6.45) is 3.28. The zero-order valence-electron chi connectivity index (χ0n) is 13.1. The number of fused-ring (bicyclic) bond motifs is 1. The molecular weight excluding hydrogens is 354 g/mol. The molecule has 118 valence electrons. The molecule has 5 heteroatoms. The molecule has 0 saturated carbocycles. The standard InChI is InChI=1S/C18H18BrN3O/c1-12(2)16(19)17-21-15-10-20-9-8-14(15)18(23)22(17)11-13-6-4-3-5-7-13/h3-10,12,16H,11H2,1-2H3. The van der Waals surface area contributed by atoms with Crippen molar-refractivity contribution in [3.05, 3.63) is 70.5 Å². The second-order valence-corrected chi connectivity index (χ2v) is 6.87. The molecule has 2 heterocycles. The summed E-state index contributed by atoms with van der Waals surface area (Å²) in [6, 6.07) is 11.7. The summed E-state index contributed by atoms with van der Waals surface area (Å²) >= 11 is 3.69. The average molecular weight is 372 g/mol. The van der Waals surface area contributed by atoms with Crippen LogP contribution in [0.15, 0.2) is 53.6 Å². The van der Waals surface area contributed by atoms with Crippen LogP contribution in [0.4, 0.5) is 0 Å². The first-order valence-corrected chi connectivity index (χ1v) is 8.52. The number of benzene rings is 1. The molecule has 0 N–H and O–H groups in total. The topological polar surface area (TPSA) is 47.8 Å². The molecule has 0 spiro atoms. The minimum atomic E-state index is -0.0265. The van der Waals surface area contributed by atoms with Crippen LogP contribution in [-0.2, 0) is 6.54 Å². The van der Waals surface area contributed by atoms with E-state index in [2.05, 4.69) is 34.8 Å². The van der Waals surface area contributed by atoms with Crippen molar-refractivity contribution in [2.45, 2.75) is 25.2 Å². The lowest BCUT2D eigenvalue weighted by Crippen LogP contribution is -2.27. The van der Waals surface area contributed by atoms with Crippen molar-refractivity contribution in [1.29, 1.82) is 0 Å². The lowest BCUT2D eigenvalue weighted by molar-refractivity contribution is 0.569. The molecule has 0 aliphatic heterocycles. The van der Waals surface area contributed by atoms with E-state index in [-0.39, 0.29) is 10.4 Å². The van der Waals surface area contributed by atoms with Gasteiger partial charge in [0, 0.05) is 6.20 Å². The zero-order chi connectivity index (χ0) is 16.4. The van der Waals surface area contributed by atoms with Gasteiger partial charge < -0.3 is 0 Å². The zero-order valence-corrected chi connectivity index (χ0v) is 14.7. The van der Waals surface area contributed by atoms with E-state index in [1.807, 2.05) is 30.3 Å². The number of hydrogen-bond donors (Lipinski definition) is 0. The van der Waals surface area contributed by atoms with Crippen LogP contribution in [0.1, 0.15) is 30.1 Å². The molecule has 1 aromatic carbocycles. The third kappa shape index (κ3) is 3.20. The first kappa shape index (κ1) is 15.9. The Labute approximate surface area is 143 Å². The molecule has 0 amide bonds. The van der Waals surface area contributed by atoms with Crippen molar-refractivity contribution >= 4 is 26.8 Å². The van der Waals surface area contributed by atoms with Crippen molar-refractivity contribution < 1.29 is 0 Å². The van der Waals surface area contributed by atoms with E-state index in [1.54, 1.807) is 23.0 Å². The van der Waals surface area contributed by atoms with Crippen LogP contribution >= 0.6 is 15.9 Å². The molecule has 3 aromatic rings. The third-order valence-electron chi connectivity index (χ3n) is 3.80. The Morgan fingerprint density at radius 3 is 2.61 bits per heavy atom. The van der Waals surface area contributed by atoms with Crippen molar-refractivity contribution in [3.63, 3.8) is 0 Å². The summed E-state index contributed by atoms with van der Waals surface area (Å²) in [4.78, 5) is 21.8. The van der Waals surface area contributed by atoms with Crippen LogP contribution in [0.25, 0.3) is 10.9 Å². The van der Waals surface area contributed by atoms with Crippen LogP contribution in [0.3, 0.4) is 0 Å². The third-order valence-corrected chi connectivity index (χ3v) is 5.27. The number of halogens is 1. The largest absolute Gasteiger partial charge is 0.291 e. The van der Waals surface area contributed by atoms with Crippen LogP contribution in [0, 0.1) is 5.92 Å². The SMILES string of the molecule is CC(C)C(Br)c1nc2cnccc2c(=O)n1Cc1ccccc1. The second-order valence-electron chi connectivity index (χ2n) is 5.89. The van der Waals surface area contributed by atoms with Crippen molar-refractivity contribution in [1.82, 2.24) is 14.5 Å². The monoisotopic (exact) mass is 371 g/mol. The fourth-order valence-corrected chi connectivity index (χ4v) is 2.87. The number of nitrogens with zero attached hydrogens (tertiary/aromatic N) is 3. The molecule has 0 saturated heterocycles. The first-order valence-electron chi connectivity index (χ1n) is 7.60. The van der Waals surface area contributed by atoms with E-state index < -0.39 is 0 Å². The highest BCUT2D eigenvalue weighted by molar-refractivity contribution is 9.09. The van der Waals surface area contributed by atoms with E-state index in [9.17, 15) is 4.79 Å². The van der Waals surface area contributed by atoms with Gasteiger partial charge in [0.2, 0.25) is 0 Å². The summed E-state index contributed by atoms with van der Waals surface area (Å²) in [5.41, 5.74) is 1.69. The van der Waals surface area contributed by atoms with Gasteiger partial charge in [0.1, 0.15) is 5.82 Å². The molecule has 0 aliphatic rings. The molecule has 0 aliphatic carbocycles. The number of hydrogen-bond acceptors (Lipinski definition) is 3. The van der Waals surface area contributed by atoms with E-state index in [0.29, 0.717) is 23.4 Å². The highest BCUT2D eigenvalue weighted by atomic mass is 79.9. The van der Waals surface area contributed by atoms with Gasteiger partial charge in [-0.25, -0.2) is 4.98 Å². The Hall–Kier alpha value is -2.01. The van der Waals surface area contributed by atoms with Crippen LogP contribution in [0.5, 0.6) is 0 Å². The fraction of sp³-hybridized carbons (Fsp3) is 0.278. The number of aromatic nitrogens is 3. The van der Waals surface area contributed by atoms with Gasteiger partial charge in [0.15, 0.2) is 0 Å². The van der Waals surface area contributed by atoms with Gasteiger partial charge in [-0.05, 0) is 17.5 Å². The van der Waals surface area contributed by atoms with Gasteiger partial charge in [0.05, 0.1) is 28.5 Å². The van der Waals surface area contributed by atoms with Crippen molar-refractivity contribution in [2.24, 2.45) is 5.92 Å². The van der Waals surface area contributed by atoms with E-state index in [0.717, 1.165) is 11.4 Å². The summed E-state index contributed by atoms with van der Waals surface area (Å²) in [5.74, 6) is 1.06. The quantitative estimate of drug-likeness (QED) is 0.652. The van der Waals surface area contributed by atoms with Crippen molar-refractivity contribution in [3.8, 4) is 0 Å². The van der Waals surface area contributed by atoms with Gasteiger partial charge in [-0.3, -0.25) is 14.3 Å². The molecule has 3 rings (SSSR count). The van der Waals surface area contributed by atoms with Crippen molar-refractivity contribution in [2.75, 3.05) is 0 Å². The Bertz CT molecular complexity index is 874. The van der Waals surface area contributed by atoms with Gasteiger partial charge in [-0.15, -0.1) is 0 Å².